The van der Waals surface area contributed by atoms with Gasteiger partial charge in [0.2, 0.25) is 0 Å². The SMILES string of the molecule is CC(CN(C)C)NC(=S)NC1CCCC1. The fraction of sp³-hybridized carbons (Fsp3) is 0.909. The molecule has 0 spiro atoms. The van der Waals surface area contributed by atoms with Gasteiger partial charge in [0.1, 0.15) is 0 Å². The van der Waals surface area contributed by atoms with Crippen molar-refractivity contribution in [1.29, 1.82) is 0 Å². The average Bonchev–Trinajstić information content (AvgIpc) is 2.53. The van der Waals surface area contributed by atoms with Gasteiger partial charge >= 0.3 is 0 Å². The summed E-state index contributed by atoms with van der Waals surface area (Å²) in [6.07, 6.45) is 5.22. The van der Waals surface area contributed by atoms with Crippen molar-refractivity contribution >= 4 is 17.3 Å². The van der Waals surface area contributed by atoms with Crippen LogP contribution >= 0.6 is 12.2 Å². The van der Waals surface area contributed by atoms with Gasteiger partial charge in [0.15, 0.2) is 5.11 Å². The van der Waals surface area contributed by atoms with E-state index in [9.17, 15) is 0 Å². The largest absolute Gasteiger partial charge is 0.360 e. The Bertz CT molecular complexity index is 200. The lowest BCUT2D eigenvalue weighted by Gasteiger charge is -2.22. The summed E-state index contributed by atoms with van der Waals surface area (Å²) >= 11 is 5.28. The van der Waals surface area contributed by atoms with E-state index in [1.54, 1.807) is 0 Å². The van der Waals surface area contributed by atoms with Gasteiger partial charge in [-0.05, 0) is 46.1 Å². The second kappa shape index (κ2) is 6.28. The lowest BCUT2D eigenvalue weighted by molar-refractivity contribution is 0.368. The minimum absolute atomic E-state index is 0.404. The molecule has 1 aliphatic rings. The third-order valence-corrected chi connectivity index (χ3v) is 2.94. The highest BCUT2D eigenvalue weighted by molar-refractivity contribution is 7.80. The number of nitrogens with one attached hydrogen (secondary N) is 2. The van der Waals surface area contributed by atoms with Crippen LogP contribution in [0.1, 0.15) is 32.6 Å². The molecule has 0 aromatic carbocycles. The van der Waals surface area contributed by atoms with Gasteiger partial charge in [-0.15, -0.1) is 0 Å². The molecule has 1 atom stereocenters. The van der Waals surface area contributed by atoms with E-state index in [-0.39, 0.29) is 0 Å². The van der Waals surface area contributed by atoms with Gasteiger partial charge in [-0.3, -0.25) is 0 Å². The fourth-order valence-corrected chi connectivity index (χ4v) is 2.48. The molecule has 0 saturated heterocycles. The zero-order chi connectivity index (χ0) is 11.3. The smallest absolute Gasteiger partial charge is 0.166 e. The average molecular weight is 229 g/mol. The molecule has 0 heterocycles. The van der Waals surface area contributed by atoms with Crippen LogP contribution in [-0.4, -0.2) is 42.7 Å². The number of likely N-dealkylation sites (N-methyl/N-ethyl adjacent to an activating group) is 1. The van der Waals surface area contributed by atoms with Gasteiger partial charge in [-0.2, -0.15) is 0 Å². The van der Waals surface area contributed by atoms with Crippen LogP contribution in [0.3, 0.4) is 0 Å². The van der Waals surface area contributed by atoms with E-state index < -0.39 is 0 Å². The first-order valence-electron chi connectivity index (χ1n) is 5.79. The van der Waals surface area contributed by atoms with Crippen molar-refractivity contribution in [3.05, 3.63) is 0 Å². The third-order valence-electron chi connectivity index (χ3n) is 2.71. The summed E-state index contributed by atoms with van der Waals surface area (Å²) < 4.78 is 0. The molecule has 1 fully saturated rings. The molecule has 0 aromatic heterocycles. The lowest BCUT2D eigenvalue weighted by atomic mass is 10.2. The van der Waals surface area contributed by atoms with Crippen molar-refractivity contribution in [2.75, 3.05) is 20.6 Å². The first-order chi connectivity index (χ1) is 7.08. The van der Waals surface area contributed by atoms with Crippen LogP contribution in [-0.2, 0) is 0 Å². The summed E-state index contributed by atoms with van der Waals surface area (Å²) in [6, 6.07) is 1.01. The van der Waals surface area contributed by atoms with E-state index in [0.717, 1.165) is 11.7 Å². The molecule has 88 valence electrons. The van der Waals surface area contributed by atoms with Gasteiger partial charge in [0.05, 0.1) is 0 Å². The summed E-state index contributed by atoms with van der Waals surface area (Å²) in [4.78, 5) is 2.16. The number of rotatable bonds is 4. The molecule has 0 aromatic rings. The first kappa shape index (κ1) is 12.7. The molecule has 3 nitrogen and oxygen atoms in total. The molecule has 4 heteroatoms. The number of thiocarbonyl (C=S) groups is 1. The number of hydrogen-bond acceptors (Lipinski definition) is 2. The highest BCUT2D eigenvalue weighted by atomic mass is 32.1. The Labute approximate surface area is 98.6 Å². The normalized spacial score (nSPS) is 19.2. The van der Waals surface area contributed by atoms with Crippen LogP contribution in [0.25, 0.3) is 0 Å². The van der Waals surface area contributed by atoms with Crippen LogP contribution in [0.2, 0.25) is 0 Å². The Morgan fingerprint density at radius 2 is 2.00 bits per heavy atom. The predicted octanol–water partition coefficient (Wildman–Crippen LogP) is 1.34. The maximum Gasteiger partial charge on any atom is 0.166 e. The molecule has 1 rings (SSSR count). The molecule has 1 aliphatic carbocycles. The Kier molecular flexibility index (Phi) is 5.32. The zero-order valence-electron chi connectivity index (χ0n) is 10.0. The van der Waals surface area contributed by atoms with Crippen molar-refractivity contribution in [2.45, 2.75) is 44.7 Å². The van der Waals surface area contributed by atoms with E-state index in [1.807, 2.05) is 0 Å². The molecule has 1 saturated carbocycles. The molecule has 0 aliphatic heterocycles. The van der Waals surface area contributed by atoms with Crippen molar-refractivity contribution in [1.82, 2.24) is 15.5 Å². The number of hydrogen-bond donors (Lipinski definition) is 2. The first-order valence-corrected chi connectivity index (χ1v) is 6.20. The minimum Gasteiger partial charge on any atom is -0.360 e. The molecule has 0 bridgehead atoms. The van der Waals surface area contributed by atoms with E-state index in [4.69, 9.17) is 12.2 Å². The van der Waals surface area contributed by atoms with Crippen molar-refractivity contribution in [2.24, 2.45) is 0 Å². The molecule has 0 amide bonds. The lowest BCUT2D eigenvalue weighted by Crippen LogP contribution is -2.47. The highest BCUT2D eigenvalue weighted by Crippen LogP contribution is 2.17. The molecule has 1 unspecified atom stereocenters. The van der Waals surface area contributed by atoms with Crippen LogP contribution in [0.15, 0.2) is 0 Å². The van der Waals surface area contributed by atoms with Gasteiger partial charge in [0, 0.05) is 18.6 Å². The second-order valence-corrected chi connectivity index (χ2v) is 5.17. The quantitative estimate of drug-likeness (QED) is 0.712. The molecular formula is C11H23N3S. The Morgan fingerprint density at radius 1 is 1.40 bits per heavy atom. The maximum atomic E-state index is 5.28. The van der Waals surface area contributed by atoms with Crippen molar-refractivity contribution < 1.29 is 0 Å². The summed E-state index contributed by atoms with van der Waals surface area (Å²) in [7, 11) is 4.15. The highest BCUT2D eigenvalue weighted by Gasteiger charge is 2.16. The van der Waals surface area contributed by atoms with E-state index in [1.165, 1.54) is 25.7 Å². The summed E-state index contributed by atoms with van der Waals surface area (Å²) in [5, 5.41) is 7.52. The Morgan fingerprint density at radius 3 is 2.53 bits per heavy atom. The van der Waals surface area contributed by atoms with Crippen molar-refractivity contribution in [3.63, 3.8) is 0 Å². The summed E-state index contributed by atoms with van der Waals surface area (Å²) in [6.45, 7) is 3.16. The Hall–Kier alpha value is -0.350. The Balaban J connectivity index is 2.16. The third kappa shape index (κ3) is 5.33. The zero-order valence-corrected chi connectivity index (χ0v) is 10.9. The summed E-state index contributed by atoms with van der Waals surface area (Å²) in [5.74, 6) is 0. The fourth-order valence-electron chi connectivity index (χ4n) is 2.11. The minimum atomic E-state index is 0.404. The van der Waals surface area contributed by atoms with E-state index >= 15 is 0 Å². The van der Waals surface area contributed by atoms with Crippen LogP contribution in [0.4, 0.5) is 0 Å². The molecule has 2 N–H and O–H groups in total. The van der Waals surface area contributed by atoms with Crippen molar-refractivity contribution in [3.8, 4) is 0 Å². The van der Waals surface area contributed by atoms with Gasteiger partial charge in [-0.1, -0.05) is 12.8 Å². The van der Waals surface area contributed by atoms with Gasteiger partial charge < -0.3 is 15.5 Å². The maximum absolute atomic E-state index is 5.28. The summed E-state index contributed by atoms with van der Waals surface area (Å²) in [5.41, 5.74) is 0. The van der Waals surface area contributed by atoms with Crippen LogP contribution < -0.4 is 10.6 Å². The topological polar surface area (TPSA) is 27.3 Å². The second-order valence-electron chi connectivity index (χ2n) is 4.76. The predicted molar refractivity (Wildman–Crippen MR) is 69.1 cm³/mol. The molecule has 0 radical (unpaired) electrons. The number of nitrogens with zero attached hydrogens (tertiary/aromatic N) is 1. The monoisotopic (exact) mass is 229 g/mol. The van der Waals surface area contributed by atoms with E-state index in [0.29, 0.717) is 12.1 Å². The van der Waals surface area contributed by atoms with Gasteiger partial charge in [0.25, 0.3) is 0 Å². The van der Waals surface area contributed by atoms with Gasteiger partial charge in [-0.25, -0.2) is 0 Å². The standard InChI is InChI=1S/C11H23N3S/c1-9(8-14(2)3)12-11(15)13-10-6-4-5-7-10/h9-10H,4-8H2,1-3H3,(H2,12,13,15). The van der Waals surface area contributed by atoms with E-state index in [2.05, 4.69) is 36.6 Å². The van der Waals surface area contributed by atoms with Crippen LogP contribution in [0.5, 0.6) is 0 Å². The van der Waals surface area contributed by atoms with Crippen LogP contribution in [0, 0.1) is 0 Å². The molecule has 15 heavy (non-hydrogen) atoms. The molecular weight excluding hydrogens is 206 g/mol.